The van der Waals surface area contributed by atoms with Gasteiger partial charge in [-0.2, -0.15) is 5.10 Å². The number of aromatic hydroxyl groups is 1. The zero-order chi connectivity index (χ0) is 13.7. The summed E-state index contributed by atoms with van der Waals surface area (Å²) in [7, 11) is 0. The van der Waals surface area contributed by atoms with Crippen LogP contribution in [-0.4, -0.2) is 32.8 Å². The minimum absolute atomic E-state index is 0.0914. The van der Waals surface area contributed by atoms with Crippen molar-refractivity contribution in [2.75, 3.05) is 17.9 Å². The molecule has 0 atom stereocenters. The summed E-state index contributed by atoms with van der Waals surface area (Å²) in [5.41, 5.74) is 3.40. The summed E-state index contributed by atoms with van der Waals surface area (Å²) >= 11 is 0. The molecule has 2 rings (SSSR count). The Hall–Kier alpha value is -2.77. The minimum atomic E-state index is 0.0914. The first kappa shape index (κ1) is 12.7. The first-order chi connectivity index (χ1) is 9.20. The molecule has 19 heavy (non-hydrogen) atoms. The van der Waals surface area contributed by atoms with Gasteiger partial charge in [-0.05, 0) is 30.7 Å². The lowest BCUT2D eigenvalue weighted by Crippen LogP contribution is -2.10. The number of aromatic nitrogens is 3. The Labute approximate surface area is 109 Å². The molecule has 0 saturated heterocycles. The smallest absolute Gasteiger partial charge is 0.263 e. The highest BCUT2D eigenvalue weighted by Crippen LogP contribution is 2.26. The molecule has 0 bridgehead atoms. The minimum Gasteiger partial charge on any atom is -0.504 e. The molecule has 8 nitrogen and oxygen atoms in total. The van der Waals surface area contributed by atoms with E-state index in [2.05, 4.69) is 20.7 Å². The Morgan fingerprint density at radius 3 is 3.11 bits per heavy atom. The van der Waals surface area contributed by atoms with Crippen LogP contribution in [0.3, 0.4) is 0 Å². The van der Waals surface area contributed by atoms with Crippen LogP contribution in [0.25, 0.3) is 0 Å². The van der Waals surface area contributed by atoms with E-state index in [0.717, 1.165) is 5.56 Å². The number of nitrogens with zero attached hydrogens (tertiary/aromatic N) is 4. The van der Waals surface area contributed by atoms with Gasteiger partial charge in [0.05, 0.1) is 12.8 Å². The van der Waals surface area contributed by atoms with Crippen LogP contribution in [0.15, 0.2) is 29.6 Å². The van der Waals surface area contributed by atoms with Gasteiger partial charge in [0.25, 0.3) is 5.95 Å². The summed E-state index contributed by atoms with van der Waals surface area (Å²) in [5, 5.41) is 20.8. The molecular weight excluding hydrogens is 248 g/mol. The fourth-order valence-corrected chi connectivity index (χ4v) is 1.37. The van der Waals surface area contributed by atoms with E-state index >= 15 is 0 Å². The van der Waals surface area contributed by atoms with Crippen molar-refractivity contribution in [1.82, 2.24) is 14.9 Å². The summed E-state index contributed by atoms with van der Waals surface area (Å²) in [5.74, 6) is 6.33. The predicted octanol–water partition coefficient (Wildman–Crippen LogP) is 0.542. The zero-order valence-corrected chi connectivity index (χ0v) is 10.3. The van der Waals surface area contributed by atoms with E-state index in [1.54, 1.807) is 18.3 Å². The van der Waals surface area contributed by atoms with Gasteiger partial charge in [-0.25, -0.2) is 10.1 Å². The van der Waals surface area contributed by atoms with Crippen molar-refractivity contribution in [1.29, 1.82) is 0 Å². The molecule has 4 N–H and O–H groups in total. The number of hydrazone groups is 1. The van der Waals surface area contributed by atoms with Gasteiger partial charge in [0.15, 0.2) is 11.5 Å². The molecule has 0 aliphatic carbocycles. The topological polar surface area (TPSA) is 111 Å². The molecule has 0 radical (unpaired) electrons. The number of nitrogens with one attached hydrogen (secondary N) is 1. The van der Waals surface area contributed by atoms with Gasteiger partial charge in [-0.15, -0.1) is 10.2 Å². The van der Waals surface area contributed by atoms with Crippen LogP contribution in [0, 0.1) is 0 Å². The molecule has 1 aromatic heterocycles. The SMILES string of the molecule is CCOc1cc(/C=N/Nc2nncn2N)ccc1O. The van der Waals surface area contributed by atoms with E-state index < -0.39 is 0 Å². The largest absolute Gasteiger partial charge is 0.504 e. The first-order valence-corrected chi connectivity index (χ1v) is 5.60. The standard InChI is InChI=1S/C11H14N6O2/c1-2-19-10-5-8(3-4-9(10)18)6-13-15-11-16-14-7-17(11)12/h3-7,18H,2,12H2,1H3,(H,15,16)/b13-6+. The van der Waals surface area contributed by atoms with Crippen molar-refractivity contribution in [3.8, 4) is 11.5 Å². The Morgan fingerprint density at radius 1 is 1.58 bits per heavy atom. The van der Waals surface area contributed by atoms with Gasteiger partial charge < -0.3 is 15.7 Å². The van der Waals surface area contributed by atoms with Gasteiger partial charge in [-0.1, -0.05) is 0 Å². The Morgan fingerprint density at radius 2 is 2.42 bits per heavy atom. The van der Waals surface area contributed by atoms with Crippen molar-refractivity contribution >= 4 is 12.2 Å². The number of hydrogen-bond acceptors (Lipinski definition) is 7. The van der Waals surface area contributed by atoms with Gasteiger partial charge in [0.1, 0.15) is 6.33 Å². The fraction of sp³-hybridized carbons (Fsp3) is 0.182. The average molecular weight is 262 g/mol. The number of rotatable bonds is 5. The number of anilines is 1. The lowest BCUT2D eigenvalue weighted by atomic mass is 10.2. The zero-order valence-electron chi connectivity index (χ0n) is 10.3. The highest BCUT2D eigenvalue weighted by molar-refractivity contribution is 5.81. The van der Waals surface area contributed by atoms with Crippen molar-refractivity contribution < 1.29 is 9.84 Å². The first-order valence-electron chi connectivity index (χ1n) is 5.60. The van der Waals surface area contributed by atoms with Crippen LogP contribution in [0.1, 0.15) is 12.5 Å². The van der Waals surface area contributed by atoms with E-state index in [1.165, 1.54) is 17.1 Å². The lowest BCUT2D eigenvalue weighted by molar-refractivity contribution is 0.318. The number of phenols is 1. The molecule has 8 heteroatoms. The van der Waals surface area contributed by atoms with Crippen LogP contribution >= 0.6 is 0 Å². The van der Waals surface area contributed by atoms with Gasteiger partial charge in [0, 0.05) is 0 Å². The van der Waals surface area contributed by atoms with Crippen molar-refractivity contribution in [2.24, 2.45) is 5.10 Å². The Balaban J connectivity index is 2.06. The molecule has 0 unspecified atom stereocenters. The van der Waals surface area contributed by atoms with E-state index in [1.807, 2.05) is 6.92 Å². The average Bonchev–Trinajstić information content (AvgIpc) is 2.79. The molecule has 0 amide bonds. The van der Waals surface area contributed by atoms with E-state index in [9.17, 15) is 5.11 Å². The maximum atomic E-state index is 9.55. The van der Waals surface area contributed by atoms with Crippen molar-refractivity contribution in [3.63, 3.8) is 0 Å². The van der Waals surface area contributed by atoms with Gasteiger partial charge in [0.2, 0.25) is 0 Å². The van der Waals surface area contributed by atoms with E-state index in [-0.39, 0.29) is 5.75 Å². The highest BCUT2D eigenvalue weighted by atomic mass is 16.5. The number of hydrogen-bond donors (Lipinski definition) is 3. The number of nitrogen functional groups attached to an aromatic ring is 1. The molecule has 1 aromatic carbocycles. The molecule has 0 fully saturated rings. The van der Waals surface area contributed by atoms with Crippen molar-refractivity contribution in [2.45, 2.75) is 6.92 Å². The molecule has 0 spiro atoms. The molecule has 1 heterocycles. The maximum Gasteiger partial charge on any atom is 0.263 e. The molecule has 100 valence electrons. The van der Waals surface area contributed by atoms with Crippen molar-refractivity contribution in [3.05, 3.63) is 30.1 Å². The third kappa shape index (κ3) is 3.12. The molecular formula is C11H14N6O2. The van der Waals surface area contributed by atoms with Crippen LogP contribution in [0.5, 0.6) is 11.5 Å². The summed E-state index contributed by atoms with van der Waals surface area (Å²) in [4.78, 5) is 0. The van der Waals surface area contributed by atoms with Crippen LogP contribution in [0.4, 0.5) is 5.95 Å². The third-order valence-electron chi connectivity index (χ3n) is 2.23. The second-order valence-corrected chi connectivity index (χ2v) is 3.59. The normalized spacial score (nSPS) is 10.8. The quantitative estimate of drug-likeness (QED) is 0.412. The number of benzene rings is 1. The van der Waals surface area contributed by atoms with Gasteiger partial charge in [-0.3, -0.25) is 0 Å². The van der Waals surface area contributed by atoms with Gasteiger partial charge >= 0.3 is 0 Å². The highest BCUT2D eigenvalue weighted by Gasteiger charge is 2.02. The summed E-state index contributed by atoms with van der Waals surface area (Å²) < 4.78 is 6.48. The Bertz CT molecular complexity index is 580. The van der Waals surface area contributed by atoms with E-state index in [4.69, 9.17) is 10.6 Å². The number of phenolic OH excluding ortho intramolecular Hbond substituents is 1. The predicted molar refractivity (Wildman–Crippen MR) is 70.7 cm³/mol. The molecule has 2 aromatic rings. The fourth-order valence-electron chi connectivity index (χ4n) is 1.37. The van der Waals surface area contributed by atoms with Crippen LogP contribution < -0.4 is 16.0 Å². The maximum absolute atomic E-state index is 9.55. The molecule has 0 saturated carbocycles. The molecule has 0 aliphatic rings. The van der Waals surface area contributed by atoms with E-state index in [0.29, 0.717) is 18.3 Å². The summed E-state index contributed by atoms with van der Waals surface area (Å²) in [6.07, 6.45) is 2.91. The second-order valence-electron chi connectivity index (χ2n) is 3.59. The third-order valence-corrected chi connectivity index (χ3v) is 2.23. The van der Waals surface area contributed by atoms with Crippen LogP contribution in [-0.2, 0) is 0 Å². The number of ether oxygens (including phenoxy) is 1. The monoisotopic (exact) mass is 262 g/mol. The lowest BCUT2D eigenvalue weighted by Gasteiger charge is -2.05. The van der Waals surface area contributed by atoms with Crippen LogP contribution in [0.2, 0.25) is 0 Å². The second kappa shape index (κ2) is 5.71. The summed E-state index contributed by atoms with van der Waals surface area (Å²) in [6.45, 7) is 2.32. The Kier molecular flexibility index (Phi) is 3.81. The number of nitrogens with two attached hydrogens (primary N) is 1. The summed E-state index contributed by atoms with van der Waals surface area (Å²) in [6, 6.07) is 4.92. The molecule has 0 aliphatic heterocycles.